The number of thiophene rings is 1. The maximum Gasteiger partial charge on any atom is 0.261 e. The van der Waals surface area contributed by atoms with Crippen molar-refractivity contribution in [2.45, 2.75) is 19.5 Å². The summed E-state index contributed by atoms with van der Waals surface area (Å²) in [5, 5.41) is 3.51. The minimum absolute atomic E-state index is 0.00207. The average Bonchev–Trinajstić information content (AvgIpc) is 3.04. The molecule has 31 heavy (non-hydrogen) atoms. The number of fused-ring (bicyclic) bond motifs is 1. The van der Waals surface area contributed by atoms with Crippen LogP contribution in [0.4, 0.5) is 0 Å². The molecule has 0 radical (unpaired) electrons. The van der Waals surface area contributed by atoms with E-state index in [1.807, 2.05) is 57.4 Å². The van der Waals surface area contributed by atoms with Crippen LogP contribution in [-0.4, -0.2) is 67.5 Å². The quantitative estimate of drug-likeness (QED) is 0.556. The minimum Gasteiger partial charge on any atom is -0.497 e. The normalized spacial score (nSPS) is 12.5. The molecule has 0 aliphatic carbocycles. The van der Waals surface area contributed by atoms with Crippen LogP contribution in [0.1, 0.15) is 32.7 Å². The van der Waals surface area contributed by atoms with Gasteiger partial charge in [0.05, 0.1) is 30.0 Å². The Labute approximate surface area is 185 Å². The van der Waals surface area contributed by atoms with Crippen LogP contribution in [0, 0.1) is 6.92 Å². The molecular weight excluding hydrogens is 414 g/mol. The first-order chi connectivity index (χ1) is 14.7. The molecule has 9 heteroatoms. The lowest BCUT2D eigenvalue weighted by Gasteiger charge is -2.25. The van der Waals surface area contributed by atoms with E-state index in [0.717, 1.165) is 11.3 Å². The van der Waals surface area contributed by atoms with Gasteiger partial charge in [0.25, 0.3) is 11.5 Å². The largest absolute Gasteiger partial charge is 0.497 e. The molecule has 0 saturated carbocycles. The number of carbonyl (C=O) groups is 1. The number of ether oxygens (including phenoxy) is 1. The molecule has 3 aromatic rings. The van der Waals surface area contributed by atoms with Crippen molar-refractivity contribution in [3.63, 3.8) is 0 Å². The van der Waals surface area contributed by atoms with Gasteiger partial charge in [0, 0.05) is 6.54 Å². The number of aromatic amines is 1. The van der Waals surface area contributed by atoms with Gasteiger partial charge in [-0.3, -0.25) is 9.59 Å². The van der Waals surface area contributed by atoms with Crippen molar-refractivity contribution in [1.29, 1.82) is 0 Å². The highest BCUT2D eigenvalue weighted by Gasteiger charge is 2.21. The van der Waals surface area contributed by atoms with E-state index in [-0.39, 0.29) is 17.5 Å². The second kappa shape index (κ2) is 9.59. The third kappa shape index (κ3) is 5.12. The predicted octanol–water partition coefficient (Wildman–Crippen LogP) is 2.40. The van der Waals surface area contributed by atoms with E-state index >= 15 is 0 Å². The molecule has 0 spiro atoms. The summed E-state index contributed by atoms with van der Waals surface area (Å²) in [6.45, 7) is 2.75. The molecule has 1 amide bonds. The Kier molecular flexibility index (Phi) is 7.09. The monoisotopic (exact) mass is 443 g/mol. The van der Waals surface area contributed by atoms with Crippen molar-refractivity contribution in [3.8, 4) is 5.75 Å². The molecule has 166 valence electrons. The van der Waals surface area contributed by atoms with E-state index in [1.165, 1.54) is 11.3 Å². The molecular formula is C22H29N5O3S. The third-order valence-electron chi connectivity index (χ3n) is 5.10. The number of hydrogen-bond donors (Lipinski definition) is 2. The topological polar surface area (TPSA) is 90.6 Å². The fraction of sp³-hybridized carbons (Fsp3) is 0.409. The summed E-state index contributed by atoms with van der Waals surface area (Å²) in [5.74, 6) is 1.18. The van der Waals surface area contributed by atoms with Crippen LogP contribution >= 0.6 is 11.3 Å². The van der Waals surface area contributed by atoms with E-state index in [1.54, 1.807) is 14.0 Å². The molecule has 2 heterocycles. The number of rotatable bonds is 8. The minimum atomic E-state index is -0.209. The molecule has 0 aliphatic heterocycles. The Morgan fingerprint density at radius 2 is 1.90 bits per heavy atom. The number of nitrogens with zero attached hydrogens (tertiary/aromatic N) is 3. The number of amides is 1. The van der Waals surface area contributed by atoms with Crippen LogP contribution in [-0.2, 0) is 6.54 Å². The summed E-state index contributed by atoms with van der Waals surface area (Å²) < 4.78 is 5.23. The maximum atomic E-state index is 13.0. The molecule has 3 rings (SSSR count). The molecule has 2 aromatic heterocycles. The number of nitrogens with one attached hydrogen (secondary N) is 2. The number of hydrogen-bond acceptors (Lipinski definition) is 7. The van der Waals surface area contributed by atoms with Gasteiger partial charge in [0.2, 0.25) is 0 Å². The maximum absolute atomic E-state index is 13.0. The average molecular weight is 444 g/mol. The zero-order valence-electron chi connectivity index (χ0n) is 18.8. The van der Waals surface area contributed by atoms with Crippen molar-refractivity contribution in [1.82, 2.24) is 25.1 Å². The number of likely N-dealkylation sites (N-methyl/N-ethyl adjacent to an activating group) is 1. The van der Waals surface area contributed by atoms with E-state index in [0.29, 0.717) is 39.6 Å². The number of aromatic nitrogens is 2. The van der Waals surface area contributed by atoms with Gasteiger partial charge >= 0.3 is 0 Å². The van der Waals surface area contributed by atoms with Crippen LogP contribution < -0.4 is 15.6 Å². The number of benzene rings is 1. The van der Waals surface area contributed by atoms with Gasteiger partial charge in [0.1, 0.15) is 16.4 Å². The lowest BCUT2D eigenvalue weighted by Crippen LogP contribution is -2.34. The first kappa shape index (κ1) is 22.9. The Balaban J connectivity index is 1.82. The lowest BCUT2D eigenvalue weighted by molar-refractivity contribution is 0.0945. The van der Waals surface area contributed by atoms with Crippen molar-refractivity contribution >= 4 is 27.5 Å². The Hall–Kier alpha value is -2.75. The predicted molar refractivity (Wildman–Crippen MR) is 124 cm³/mol. The molecule has 0 aliphatic rings. The summed E-state index contributed by atoms with van der Waals surface area (Å²) in [4.78, 5) is 38.0. The Bertz CT molecular complexity index is 1120. The summed E-state index contributed by atoms with van der Waals surface area (Å²) in [6.07, 6.45) is 0. The highest BCUT2D eigenvalue weighted by atomic mass is 32.1. The van der Waals surface area contributed by atoms with E-state index in [9.17, 15) is 9.59 Å². The molecule has 1 atom stereocenters. The van der Waals surface area contributed by atoms with Crippen molar-refractivity contribution in [2.75, 3.05) is 41.8 Å². The highest BCUT2D eigenvalue weighted by Crippen LogP contribution is 2.27. The van der Waals surface area contributed by atoms with Gasteiger partial charge in [-0.15, -0.1) is 11.3 Å². The third-order valence-corrected chi connectivity index (χ3v) is 6.29. The van der Waals surface area contributed by atoms with Crippen molar-refractivity contribution < 1.29 is 9.53 Å². The summed E-state index contributed by atoms with van der Waals surface area (Å²) >= 11 is 1.26. The number of methoxy groups -OCH3 is 1. The van der Waals surface area contributed by atoms with Crippen LogP contribution in [0.15, 0.2) is 29.1 Å². The SMILES string of the molecule is COc1ccc(C(CNC(=O)c2sc3nc(CN(C)C)[nH]c(=O)c3c2C)N(C)C)cc1. The molecule has 2 N–H and O–H groups in total. The van der Waals surface area contributed by atoms with Crippen LogP contribution in [0.2, 0.25) is 0 Å². The first-order valence-electron chi connectivity index (χ1n) is 9.96. The fourth-order valence-corrected chi connectivity index (χ4v) is 4.59. The van der Waals surface area contributed by atoms with Gasteiger partial charge in [-0.2, -0.15) is 0 Å². The number of H-pyrrole nitrogens is 1. The van der Waals surface area contributed by atoms with Crippen LogP contribution in [0.3, 0.4) is 0 Å². The molecule has 1 aromatic carbocycles. The van der Waals surface area contributed by atoms with Gasteiger partial charge < -0.3 is 24.8 Å². The van der Waals surface area contributed by atoms with Gasteiger partial charge in [0.15, 0.2) is 0 Å². The fourth-order valence-electron chi connectivity index (χ4n) is 3.47. The zero-order valence-corrected chi connectivity index (χ0v) is 19.6. The summed E-state index contributed by atoms with van der Waals surface area (Å²) in [5.41, 5.74) is 1.53. The molecule has 1 unspecified atom stereocenters. The Morgan fingerprint density at radius 3 is 2.48 bits per heavy atom. The van der Waals surface area contributed by atoms with Gasteiger partial charge in [-0.1, -0.05) is 12.1 Å². The van der Waals surface area contributed by atoms with Crippen LogP contribution in [0.5, 0.6) is 5.75 Å². The lowest BCUT2D eigenvalue weighted by atomic mass is 10.1. The zero-order chi connectivity index (χ0) is 22.7. The van der Waals surface area contributed by atoms with Crippen molar-refractivity contribution in [2.24, 2.45) is 0 Å². The molecule has 8 nitrogen and oxygen atoms in total. The van der Waals surface area contributed by atoms with Crippen molar-refractivity contribution in [3.05, 3.63) is 56.4 Å². The number of aryl methyl sites for hydroxylation is 1. The molecule has 0 fully saturated rings. The van der Waals surface area contributed by atoms with E-state index < -0.39 is 0 Å². The second-order valence-corrected chi connectivity index (χ2v) is 8.95. The van der Waals surface area contributed by atoms with E-state index in [2.05, 4.69) is 20.2 Å². The highest BCUT2D eigenvalue weighted by molar-refractivity contribution is 7.20. The number of carbonyl (C=O) groups excluding carboxylic acids is 1. The second-order valence-electron chi connectivity index (χ2n) is 7.95. The Morgan fingerprint density at radius 1 is 1.23 bits per heavy atom. The van der Waals surface area contributed by atoms with Gasteiger partial charge in [-0.25, -0.2) is 4.98 Å². The summed E-state index contributed by atoms with van der Waals surface area (Å²) in [6, 6.07) is 7.81. The molecule has 0 bridgehead atoms. The summed E-state index contributed by atoms with van der Waals surface area (Å²) in [7, 11) is 9.40. The van der Waals surface area contributed by atoms with Gasteiger partial charge in [-0.05, 0) is 58.4 Å². The molecule has 0 saturated heterocycles. The van der Waals surface area contributed by atoms with E-state index in [4.69, 9.17) is 4.74 Å². The smallest absolute Gasteiger partial charge is 0.261 e. The first-order valence-corrected chi connectivity index (χ1v) is 10.8. The van der Waals surface area contributed by atoms with Crippen LogP contribution in [0.25, 0.3) is 10.2 Å². The standard InChI is InChI=1S/C22H29N5O3S/c1-13-18-20(28)24-17(12-26(2)3)25-22(18)31-19(13)21(29)23-11-16(27(4)5)14-7-9-15(30-6)10-8-14/h7-10,16H,11-12H2,1-6H3,(H,23,29)(H,24,25,28).